The fourth-order valence-corrected chi connectivity index (χ4v) is 2.87. The van der Waals surface area contributed by atoms with Gasteiger partial charge < -0.3 is 16.4 Å². The molecule has 1 amide bonds. The number of nitrogens with two attached hydrogens (primary N) is 1. The van der Waals surface area contributed by atoms with Crippen molar-refractivity contribution in [1.29, 1.82) is 0 Å². The van der Waals surface area contributed by atoms with Gasteiger partial charge in [-0.3, -0.25) is 4.79 Å². The summed E-state index contributed by atoms with van der Waals surface area (Å²) in [7, 11) is 0. The van der Waals surface area contributed by atoms with Crippen molar-refractivity contribution in [2.24, 2.45) is 5.73 Å². The van der Waals surface area contributed by atoms with Crippen molar-refractivity contribution < 1.29 is 4.79 Å². The van der Waals surface area contributed by atoms with Gasteiger partial charge in [0.15, 0.2) is 0 Å². The molecule has 6 heteroatoms. The Morgan fingerprint density at radius 3 is 2.24 bits per heavy atom. The minimum Gasteiger partial charge on any atom is -0.366 e. The Morgan fingerprint density at radius 2 is 1.48 bits per heavy atom. The van der Waals surface area contributed by atoms with E-state index < -0.39 is 5.91 Å². The first-order valence-corrected chi connectivity index (χ1v) is 9.10. The van der Waals surface area contributed by atoms with E-state index in [4.69, 9.17) is 5.73 Å². The number of hydrogen-bond donors (Lipinski definition) is 3. The zero-order chi connectivity index (χ0) is 20.1. The van der Waals surface area contributed by atoms with Crippen molar-refractivity contribution in [2.45, 2.75) is 0 Å². The van der Waals surface area contributed by atoms with Crippen LogP contribution >= 0.6 is 0 Å². The number of primary amides is 1. The Morgan fingerprint density at radius 1 is 0.759 bits per heavy atom. The smallest absolute Gasteiger partial charge is 0.248 e. The number of rotatable bonds is 6. The highest BCUT2D eigenvalue weighted by Gasteiger charge is 2.05. The second-order valence-corrected chi connectivity index (χ2v) is 6.40. The number of carbonyl (C=O) groups excluding carboxylic acids is 1. The summed E-state index contributed by atoms with van der Waals surface area (Å²) in [4.78, 5) is 20.1. The quantitative estimate of drug-likeness (QED) is 0.449. The zero-order valence-electron chi connectivity index (χ0n) is 15.5. The van der Waals surface area contributed by atoms with Gasteiger partial charge in [-0.2, -0.15) is 0 Å². The molecule has 3 aromatic carbocycles. The molecule has 0 saturated heterocycles. The van der Waals surface area contributed by atoms with Gasteiger partial charge in [0.1, 0.15) is 0 Å². The van der Waals surface area contributed by atoms with Crippen molar-refractivity contribution >= 4 is 28.9 Å². The monoisotopic (exact) mass is 381 g/mol. The summed E-state index contributed by atoms with van der Waals surface area (Å²) in [5, 5.41) is 6.53. The molecule has 142 valence electrons. The molecule has 0 aliphatic rings. The lowest BCUT2D eigenvalue weighted by Gasteiger charge is -2.10. The molecule has 0 bridgehead atoms. The fraction of sp³-hybridized carbons (Fsp3) is 0. The molecule has 0 radical (unpaired) electrons. The Labute approximate surface area is 168 Å². The minimum absolute atomic E-state index is 0.452. The number of para-hydroxylation sites is 1. The molecule has 4 rings (SSSR count). The highest BCUT2D eigenvalue weighted by molar-refractivity contribution is 5.93. The molecule has 4 N–H and O–H groups in total. The van der Waals surface area contributed by atoms with Crippen molar-refractivity contribution in [1.82, 2.24) is 9.97 Å². The average molecular weight is 381 g/mol. The molecule has 1 aromatic heterocycles. The molecule has 0 atom stereocenters. The SMILES string of the molecule is NC(=O)c1ccc(Nc2nccc(-c3cccc(Nc4ccccc4)c3)n2)cc1. The van der Waals surface area contributed by atoms with Crippen molar-refractivity contribution in [3.8, 4) is 11.3 Å². The molecule has 6 nitrogen and oxygen atoms in total. The minimum atomic E-state index is -0.459. The first-order valence-electron chi connectivity index (χ1n) is 9.10. The van der Waals surface area contributed by atoms with Crippen molar-refractivity contribution in [3.05, 3.63) is 96.7 Å². The molecule has 0 aliphatic carbocycles. The third-order valence-electron chi connectivity index (χ3n) is 4.30. The molecule has 0 aliphatic heterocycles. The van der Waals surface area contributed by atoms with Gasteiger partial charge >= 0.3 is 0 Å². The summed E-state index contributed by atoms with van der Waals surface area (Å²) in [5.41, 5.74) is 10.3. The maximum absolute atomic E-state index is 11.2. The third-order valence-corrected chi connectivity index (χ3v) is 4.30. The zero-order valence-corrected chi connectivity index (χ0v) is 15.5. The number of benzene rings is 3. The van der Waals surface area contributed by atoms with Gasteiger partial charge in [-0.1, -0.05) is 30.3 Å². The van der Waals surface area contributed by atoms with Gasteiger partial charge in [0.25, 0.3) is 0 Å². The topological polar surface area (TPSA) is 92.9 Å². The van der Waals surface area contributed by atoms with Crippen molar-refractivity contribution in [3.63, 3.8) is 0 Å². The first-order chi connectivity index (χ1) is 14.2. The van der Waals surface area contributed by atoms with E-state index >= 15 is 0 Å². The van der Waals surface area contributed by atoms with E-state index in [0.29, 0.717) is 11.5 Å². The van der Waals surface area contributed by atoms with E-state index in [1.54, 1.807) is 30.5 Å². The molecule has 4 aromatic rings. The van der Waals surface area contributed by atoms with Gasteiger partial charge in [-0.15, -0.1) is 0 Å². The van der Waals surface area contributed by atoms with Gasteiger partial charge in [0.2, 0.25) is 11.9 Å². The largest absolute Gasteiger partial charge is 0.366 e. The maximum Gasteiger partial charge on any atom is 0.248 e. The lowest BCUT2D eigenvalue weighted by molar-refractivity contribution is 0.100. The van der Waals surface area contributed by atoms with E-state index in [-0.39, 0.29) is 0 Å². The summed E-state index contributed by atoms with van der Waals surface area (Å²) >= 11 is 0. The molecule has 0 spiro atoms. The lowest BCUT2D eigenvalue weighted by Crippen LogP contribution is -2.10. The summed E-state index contributed by atoms with van der Waals surface area (Å²) in [5.74, 6) is 0.00883. The number of amides is 1. The maximum atomic E-state index is 11.2. The third kappa shape index (κ3) is 4.56. The van der Waals surface area contributed by atoms with Crippen LogP contribution in [0, 0.1) is 0 Å². The van der Waals surface area contributed by atoms with E-state index in [2.05, 4.69) is 20.6 Å². The summed E-state index contributed by atoms with van der Waals surface area (Å²) in [6, 6.07) is 26.8. The normalized spacial score (nSPS) is 10.3. The summed E-state index contributed by atoms with van der Waals surface area (Å²) in [6.07, 6.45) is 1.71. The van der Waals surface area contributed by atoms with Crippen LogP contribution < -0.4 is 16.4 Å². The van der Waals surface area contributed by atoms with Crippen LogP contribution in [-0.4, -0.2) is 15.9 Å². The highest BCUT2D eigenvalue weighted by atomic mass is 16.1. The molecule has 0 fully saturated rings. The Hall–Kier alpha value is -4.19. The number of aromatic nitrogens is 2. The van der Waals surface area contributed by atoms with Crippen LogP contribution in [0.25, 0.3) is 11.3 Å². The van der Waals surface area contributed by atoms with Crippen LogP contribution in [-0.2, 0) is 0 Å². The van der Waals surface area contributed by atoms with E-state index in [9.17, 15) is 4.79 Å². The average Bonchev–Trinajstić information content (AvgIpc) is 2.75. The molecular formula is C23H19N5O. The van der Waals surface area contributed by atoms with Crippen LogP contribution in [0.3, 0.4) is 0 Å². The highest BCUT2D eigenvalue weighted by Crippen LogP contribution is 2.24. The summed E-state index contributed by atoms with van der Waals surface area (Å²) < 4.78 is 0. The Bertz CT molecular complexity index is 1130. The fourth-order valence-electron chi connectivity index (χ4n) is 2.87. The second-order valence-electron chi connectivity index (χ2n) is 6.40. The Balaban J connectivity index is 1.54. The number of hydrogen-bond acceptors (Lipinski definition) is 5. The number of carbonyl (C=O) groups is 1. The molecule has 0 unspecified atom stereocenters. The molecule has 29 heavy (non-hydrogen) atoms. The number of nitrogens with one attached hydrogen (secondary N) is 2. The predicted molar refractivity (Wildman–Crippen MR) is 115 cm³/mol. The number of nitrogens with zero attached hydrogens (tertiary/aromatic N) is 2. The van der Waals surface area contributed by atoms with Gasteiger partial charge in [0.05, 0.1) is 5.69 Å². The standard InChI is InChI=1S/C23H19N5O/c24-22(29)16-9-11-19(12-10-16)27-23-25-14-13-21(28-23)17-5-4-8-20(15-17)26-18-6-2-1-3-7-18/h1-15,26H,(H2,24,29)(H,25,27,28). The lowest BCUT2D eigenvalue weighted by atomic mass is 10.1. The molecule has 1 heterocycles. The number of anilines is 4. The van der Waals surface area contributed by atoms with E-state index in [1.807, 2.05) is 60.7 Å². The van der Waals surface area contributed by atoms with Gasteiger partial charge in [-0.05, 0) is 54.6 Å². The summed E-state index contributed by atoms with van der Waals surface area (Å²) in [6.45, 7) is 0. The molecule has 0 saturated carbocycles. The van der Waals surface area contributed by atoms with Crippen LogP contribution in [0.5, 0.6) is 0 Å². The van der Waals surface area contributed by atoms with Crippen LogP contribution in [0.1, 0.15) is 10.4 Å². The van der Waals surface area contributed by atoms with Crippen LogP contribution in [0.15, 0.2) is 91.1 Å². The van der Waals surface area contributed by atoms with Crippen molar-refractivity contribution in [2.75, 3.05) is 10.6 Å². The van der Waals surface area contributed by atoms with Crippen LogP contribution in [0.2, 0.25) is 0 Å². The van der Waals surface area contributed by atoms with Gasteiger partial charge in [-0.25, -0.2) is 9.97 Å². The predicted octanol–water partition coefficient (Wildman–Crippen LogP) is 4.73. The first kappa shape index (κ1) is 18.2. The van der Waals surface area contributed by atoms with E-state index in [0.717, 1.165) is 28.3 Å². The Kier molecular flexibility index (Phi) is 5.16. The molecular weight excluding hydrogens is 362 g/mol. The van der Waals surface area contributed by atoms with E-state index in [1.165, 1.54) is 0 Å². The second kappa shape index (κ2) is 8.22. The van der Waals surface area contributed by atoms with Crippen LogP contribution in [0.4, 0.5) is 23.0 Å². The van der Waals surface area contributed by atoms with Gasteiger partial charge in [0, 0.05) is 34.4 Å².